The molecule has 0 radical (unpaired) electrons. The van der Waals surface area contributed by atoms with Gasteiger partial charge in [0.1, 0.15) is 5.82 Å². The first kappa shape index (κ1) is 12.6. The average molecular weight is 235 g/mol. The fraction of sp³-hybridized carbons (Fsp3) is 0.600. The minimum atomic E-state index is -0.150. The van der Waals surface area contributed by atoms with Gasteiger partial charge in [-0.1, -0.05) is 31.9 Å². The molecule has 0 saturated heterocycles. The lowest BCUT2D eigenvalue weighted by molar-refractivity contribution is 0.303. The number of benzene rings is 1. The van der Waals surface area contributed by atoms with Crippen molar-refractivity contribution < 1.29 is 4.39 Å². The molecule has 2 heteroatoms. The summed E-state index contributed by atoms with van der Waals surface area (Å²) in [5, 5.41) is 3.62. The monoisotopic (exact) mass is 235 g/mol. The van der Waals surface area contributed by atoms with Crippen LogP contribution in [0.5, 0.6) is 0 Å². The predicted molar refractivity (Wildman–Crippen MR) is 69.5 cm³/mol. The molecule has 0 aliphatic heterocycles. The molecule has 1 aromatic rings. The summed E-state index contributed by atoms with van der Waals surface area (Å²) in [6.07, 6.45) is 6.36. The van der Waals surface area contributed by atoms with Gasteiger partial charge in [-0.05, 0) is 49.4 Å². The zero-order chi connectivity index (χ0) is 12.1. The van der Waals surface area contributed by atoms with Gasteiger partial charge in [0.15, 0.2) is 0 Å². The SMILES string of the molecule is CC1CCCC(NCCc2ccc(F)cc2)C1. The molecule has 1 saturated carbocycles. The van der Waals surface area contributed by atoms with E-state index in [0.29, 0.717) is 6.04 Å². The van der Waals surface area contributed by atoms with Crippen LogP contribution in [-0.2, 0) is 6.42 Å². The number of halogens is 1. The summed E-state index contributed by atoms with van der Waals surface area (Å²) in [5.41, 5.74) is 1.21. The first-order valence-electron chi connectivity index (χ1n) is 6.72. The fourth-order valence-corrected chi connectivity index (χ4v) is 2.69. The van der Waals surface area contributed by atoms with E-state index in [1.54, 1.807) is 0 Å². The van der Waals surface area contributed by atoms with E-state index in [9.17, 15) is 4.39 Å². The van der Waals surface area contributed by atoms with Gasteiger partial charge >= 0.3 is 0 Å². The molecule has 0 aromatic heterocycles. The van der Waals surface area contributed by atoms with Crippen molar-refractivity contribution in [3.05, 3.63) is 35.6 Å². The lowest BCUT2D eigenvalue weighted by atomic mass is 9.87. The van der Waals surface area contributed by atoms with Gasteiger partial charge in [-0.25, -0.2) is 4.39 Å². The summed E-state index contributed by atoms with van der Waals surface area (Å²) < 4.78 is 12.7. The van der Waals surface area contributed by atoms with Crippen molar-refractivity contribution in [3.63, 3.8) is 0 Å². The molecule has 17 heavy (non-hydrogen) atoms. The molecular weight excluding hydrogens is 213 g/mol. The van der Waals surface area contributed by atoms with Gasteiger partial charge in [-0.15, -0.1) is 0 Å². The highest BCUT2D eigenvalue weighted by Gasteiger charge is 2.17. The van der Waals surface area contributed by atoms with Crippen molar-refractivity contribution in [2.24, 2.45) is 5.92 Å². The summed E-state index contributed by atoms with van der Waals surface area (Å²) >= 11 is 0. The normalized spacial score (nSPS) is 24.8. The van der Waals surface area contributed by atoms with Crippen LogP contribution in [-0.4, -0.2) is 12.6 Å². The van der Waals surface area contributed by atoms with Crippen LogP contribution in [0.1, 0.15) is 38.2 Å². The molecule has 2 rings (SSSR count). The van der Waals surface area contributed by atoms with E-state index in [2.05, 4.69) is 12.2 Å². The highest BCUT2D eigenvalue weighted by Crippen LogP contribution is 2.23. The van der Waals surface area contributed by atoms with Crippen LogP contribution in [0.3, 0.4) is 0 Å². The molecule has 0 bridgehead atoms. The Bertz CT molecular complexity index is 333. The van der Waals surface area contributed by atoms with Crippen LogP contribution in [0.25, 0.3) is 0 Å². The maximum Gasteiger partial charge on any atom is 0.123 e. The van der Waals surface area contributed by atoms with E-state index in [0.717, 1.165) is 18.9 Å². The minimum absolute atomic E-state index is 0.150. The zero-order valence-corrected chi connectivity index (χ0v) is 10.6. The van der Waals surface area contributed by atoms with E-state index >= 15 is 0 Å². The van der Waals surface area contributed by atoms with Gasteiger partial charge in [0.2, 0.25) is 0 Å². The molecule has 94 valence electrons. The molecule has 1 N–H and O–H groups in total. The Morgan fingerprint density at radius 1 is 1.24 bits per heavy atom. The summed E-state index contributed by atoms with van der Waals surface area (Å²) in [6, 6.07) is 7.52. The lowest BCUT2D eigenvalue weighted by Crippen LogP contribution is -2.34. The van der Waals surface area contributed by atoms with Gasteiger partial charge in [-0.3, -0.25) is 0 Å². The Kier molecular flexibility index (Phi) is 4.55. The van der Waals surface area contributed by atoms with Crippen LogP contribution < -0.4 is 5.32 Å². The number of nitrogens with one attached hydrogen (secondary N) is 1. The van der Waals surface area contributed by atoms with Crippen LogP contribution in [0.4, 0.5) is 4.39 Å². The fourth-order valence-electron chi connectivity index (χ4n) is 2.69. The summed E-state index contributed by atoms with van der Waals surface area (Å²) in [7, 11) is 0. The summed E-state index contributed by atoms with van der Waals surface area (Å²) in [5.74, 6) is 0.717. The molecule has 1 nitrogen and oxygen atoms in total. The maximum atomic E-state index is 12.7. The first-order valence-corrected chi connectivity index (χ1v) is 6.72. The molecule has 1 aliphatic rings. The van der Waals surface area contributed by atoms with Crippen molar-refractivity contribution in [1.82, 2.24) is 5.32 Å². The van der Waals surface area contributed by atoms with Crippen LogP contribution in [0.2, 0.25) is 0 Å². The zero-order valence-electron chi connectivity index (χ0n) is 10.6. The smallest absolute Gasteiger partial charge is 0.123 e. The number of hydrogen-bond acceptors (Lipinski definition) is 1. The predicted octanol–water partition coefficient (Wildman–Crippen LogP) is 3.54. The van der Waals surface area contributed by atoms with Crippen molar-refractivity contribution in [2.75, 3.05) is 6.54 Å². The Morgan fingerprint density at radius 2 is 2.00 bits per heavy atom. The molecule has 0 spiro atoms. The topological polar surface area (TPSA) is 12.0 Å². The van der Waals surface area contributed by atoms with Gasteiger partial charge in [0, 0.05) is 6.04 Å². The molecule has 2 atom stereocenters. The molecule has 1 fully saturated rings. The Hall–Kier alpha value is -0.890. The van der Waals surface area contributed by atoms with E-state index in [1.165, 1.54) is 43.4 Å². The molecular formula is C15H22FN. The van der Waals surface area contributed by atoms with E-state index in [-0.39, 0.29) is 5.82 Å². The number of hydrogen-bond donors (Lipinski definition) is 1. The summed E-state index contributed by atoms with van der Waals surface area (Å²) in [6.45, 7) is 3.34. The quantitative estimate of drug-likeness (QED) is 0.841. The Labute approximate surface area is 103 Å². The third kappa shape index (κ3) is 4.12. The van der Waals surface area contributed by atoms with Crippen LogP contribution in [0, 0.1) is 11.7 Å². The largest absolute Gasteiger partial charge is 0.314 e. The van der Waals surface area contributed by atoms with E-state index < -0.39 is 0 Å². The Morgan fingerprint density at radius 3 is 2.71 bits per heavy atom. The van der Waals surface area contributed by atoms with Crippen LogP contribution in [0.15, 0.2) is 24.3 Å². The second kappa shape index (κ2) is 6.15. The molecule has 2 unspecified atom stereocenters. The van der Waals surface area contributed by atoms with Crippen molar-refractivity contribution in [3.8, 4) is 0 Å². The molecule has 1 aliphatic carbocycles. The number of rotatable bonds is 4. The van der Waals surface area contributed by atoms with E-state index in [1.807, 2.05) is 12.1 Å². The second-order valence-corrected chi connectivity index (χ2v) is 5.30. The summed E-state index contributed by atoms with van der Waals surface area (Å²) in [4.78, 5) is 0. The van der Waals surface area contributed by atoms with Gasteiger partial charge in [-0.2, -0.15) is 0 Å². The van der Waals surface area contributed by atoms with Crippen molar-refractivity contribution in [2.45, 2.75) is 45.1 Å². The standard InChI is InChI=1S/C15H22FN/c1-12-3-2-4-15(11-12)17-10-9-13-5-7-14(16)8-6-13/h5-8,12,15,17H,2-4,9-11H2,1H3. The highest BCUT2D eigenvalue weighted by molar-refractivity contribution is 5.16. The van der Waals surface area contributed by atoms with Gasteiger partial charge in [0.05, 0.1) is 0 Å². The van der Waals surface area contributed by atoms with Crippen molar-refractivity contribution >= 4 is 0 Å². The highest BCUT2D eigenvalue weighted by atomic mass is 19.1. The van der Waals surface area contributed by atoms with Crippen molar-refractivity contribution in [1.29, 1.82) is 0 Å². The molecule has 1 aromatic carbocycles. The van der Waals surface area contributed by atoms with Gasteiger partial charge < -0.3 is 5.32 Å². The average Bonchev–Trinajstić information content (AvgIpc) is 2.32. The van der Waals surface area contributed by atoms with Gasteiger partial charge in [0.25, 0.3) is 0 Å². The lowest BCUT2D eigenvalue weighted by Gasteiger charge is -2.27. The van der Waals surface area contributed by atoms with E-state index in [4.69, 9.17) is 0 Å². The third-order valence-electron chi connectivity index (χ3n) is 3.70. The minimum Gasteiger partial charge on any atom is -0.314 e. The Balaban J connectivity index is 1.70. The van der Waals surface area contributed by atoms with Crippen LogP contribution >= 0.6 is 0 Å². The second-order valence-electron chi connectivity index (χ2n) is 5.30. The molecule has 0 heterocycles. The first-order chi connectivity index (χ1) is 8.24. The maximum absolute atomic E-state index is 12.7. The third-order valence-corrected chi connectivity index (χ3v) is 3.70. The molecule has 0 amide bonds.